The van der Waals surface area contributed by atoms with Crippen LogP contribution in [-0.4, -0.2) is 173 Å². The Balaban J connectivity index is 0.000000225. The van der Waals surface area contributed by atoms with E-state index in [1.807, 2.05) is 119 Å². The first-order valence-electron chi connectivity index (χ1n) is 32.9. The SMILES string of the molecule is CC(C)N=C=NC(C)C.CN(C)c1ccncc1.C[N+](C)(C)Cc1ccccc1.C[N+](C)(C)Cc1ccccc1.O=C(O)C1CC2c3ccccc3C1c1ccccc12.O=C(OCCC(F)C(F)(F)S(=O)(=O)[O-])C1CC2c3ccccc3C1c1ccccc12.O=S(=O)(O)C(F)(F)C(F)CCO. The van der Waals surface area contributed by atoms with Crippen LogP contribution in [0, 0.1) is 11.8 Å². The third-order valence-electron chi connectivity index (χ3n) is 16.4. The van der Waals surface area contributed by atoms with Gasteiger partial charge in [-0.25, -0.2) is 27.2 Å². The molecule has 3 N–H and O–H groups in total. The highest BCUT2D eigenvalue weighted by Crippen LogP contribution is 2.57. The number of aliphatic hydroxyl groups is 1. The molecule has 1 heterocycles. The number of halogens is 6. The minimum atomic E-state index is -6.15. The number of ether oxygens (including phenoxy) is 1. The van der Waals surface area contributed by atoms with E-state index in [1.165, 1.54) is 39.1 Å². The topological polar surface area (TPSA) is 236 Å². The number of nitrogens with zero attached hydrogens (tertiary/aromatic N) is 6. The first kappa shape index (κ1) is 83.5. The Morgan fingerprint density at radius 1 is 0.574 bits per heavy atom. The molecule has 6 aliphatic rings. The summed E-state index contributed by atoms with van der Waals surface area (Å²) in [5, 5.41) is 7.61. The van der Waals surface area contributed by atoms with Crippen molar-refractivity contribution in [3.05, 3.63) is 238 Å². The zero-order valence-corrected chi connectivity index (χ0v) is 60.8. The number of fused-ring (bicyclic) bond motifs is 2. The second-order valence-corrected chi connectivity index (χ2v) is 30.5. The minimum Gasteiger partial charge on any atom is -0.743 e. The highest BCUT2D eigenvalue weighted by molar-refractivity contribution is 7.87. The second kappa shape index (κ2) is 37.2. The van der Waals surface area contributed by atoms with Crippen molar-refractivity contribution in [1.29, 1.82) is 0 Å². The molecule has 6 aromatic carbocycles. The maximum absolute atomic E-state index is 13.6. The van der Waals surface area contributed by atoms with E-state index in [4.69, 9.17) is 14.4 Å². The fraction of sp³-hybridized carbons (Fsp3) is 0.421. The second-order valence-electron chi connectivity index (χ2n) is 27.6. The van der Waals surface area contributed by atoms with Gasteiger partial charge in [0.25, 0.3) is 0 Å². The molecule has 6 aliphatic carbocycles. The average molecular weight is 1450 g/mol. The number of pyridine rings is 1. The first-order valence-corrected chi connectivity index (χ1v) is 35.8. The summed E-state index contributed by atoms with van der Waals surface area (Å²) in [6, 6.07) is 60.5. The fourth-order valence-electron chi connectivity index (χ4n) is 12.1. The van der Waals surface area contributed by atoms with Crippen molar-refractivity contribution in [2.75, 3.05) is 74.5 Å². The molecule has 4 atom stereocenters. The molecule has 17 nitrogen and oxygen atoms in total. The summed E-state index contributed by atoms with van der Waals surface area (Å²) < 4.78 is 143. The number of hydrogen-bond acceptors (Lipinski definition) is 13. The first-order chi connectivity index (χ1) is 47.2. The van der Waals surface area contributed by atoms with Crippen LogP contribution in [0.25, 0.3) is 0 Å². The Kier molecular flexibility index (Phi) is 30.7. The number of benzene rings is 6. The summed E-state index contributed by atoms with van der Waals surface area (Å²) in [4.78, 5) is 38.1. The summed E-state index contributed by atoms with van der Waals surface area (Å²) >= 11 is 0. The van der Waals surface area contributed by atoms with Crippen LogP contribution in [0.1, 0.15) is 133 Å². The van der Waals surface area contributed by atoms with E-state index < -0.39 is 87.0 Å². The van der Waals surface area contributed by atoms with Gasteiger partial charge in [-0.1, -0.05) is 158 Å². The van der Waals surface area contributed by atoms with Crippen LogP contribution < -0.4 is 4.90 Å². The van der Waals surface area contributed by atoms with Gasteiger partial charge >= 0.3 is 32.6 Å². The van der Waals surface area contributed by atoms with E-state index in [9.17, 15) is 62.4 Å². The number of aromatic nitrogens is 1. The molecule has 0 amide bonds. The third kappa shape index (κ3) is 24.3. The van der Waals surface area contributed by atoms with Crippen LogP contribution in [0.2, 0.25) is 0 Å². The van der Waals surface area contributed by atoms with Gasteiger partial charge in [-0.3, -0.25) is 19.1 Å². The van der Waals surface area contributed by atoms with Gasteiger partial charge in [-0.15, -0.1) is 0 Å². The largest absolute Gasteiger partial charge is 0.743 e. The molecular weight excluding hydrogens is 1350 g/mol. The fourth-order valence-corrected chi connectivity index (χ4v) is 12.9. The van der Waals surface area contributed by atoms with Gasteiger partial charge in [0, 0.05) is 86.4 Å². The number of aliphatic imine (C=N–C) groups is 2. The molecule has 13 rings (SSSR count). The molecular formula is C76H95F6N6O11S2+. The zero-order chi connectivity index (χ0) is 75.3. The van der Waals surface area contributed by atoms with Gasteiger partial charge in [-0.2, -0.15) is 26.0 Å². The summed E-state index contributed by atoms with van der Waals surface area (Å²) in [6.07, 6.45) is -3.71. The Morgan fingerprint density at radius 2 is 0.911 bits per heavy atom. The number of hydrogen-bond donors (Lipinski definition) is 3. The molecule has 1 aromatic heterocycles. The van der Waals surface area contributed by atoms with E-state index in [1.54, 1.807) is 12.4 Å². The highest BCUT2D eigenvalue weighted by Gasteiger charge is 2.53. The van der Waals surface area contributed by atoms with Gasteiger partial charge in [0.2, 0.25) is 0 Å². The van der Waals surface area contributed by atoms with Gasteiger partial charge in [0.05, 0.1) is 78.8 Å². The van der Waals surface area contributed by atoms with Crippen molar-refractivity contribution < 1.29 is 85.8 Å². The molecule has 0 saturated carbocycles. The summed E-state index contributed by atoms with van der Waals surface area (Å²) in [5.41, 5.74) is 13.3. The van der Waals surface area contributed by atoms with Crippen molar-refractivity contribution in [2.45, 2.75) is 125 Å². The molecule has 0 aliphatic heterocycles. The number of rotatable bonds is 18. The lowest BCUT2D eigenvalue weighted by Gasteiger charge is -2.44. The van der Waals surface area contributed by atoms with E-state index in [0.29, 0.717) is 18.5 Å². The standard InChI is InChI=1S/C21H19F3O5S.C17H14O2.2C10H16N.C7H10N2.C7H14N2.C4H7F3O4S/c22-18(21(23,24)30(26,27)28)9-10-29-20(25)17-11-16-12-5-1-3-7-14(12)19(17)15-8-4-2-6-13(15)16;18-17(19)15-9-14-10-5-1-3-7-12(10)16(15)13-8-4-2-6-11(13)14;2*1-11(2,3)9-10-7-5-4-6-8-10;1-9(2)7-3-5-8-6-4-7;1-6(2)8-5-9-7(3)4;5-3(1-2-8)4(6,7)12(9,10)11/h1-8,16-19H,9-11H2,(H,26,27,28);1-8,14-16H,9H2,(H,18,19);2*4-8H,9H2,1-3H3;3-6H,1-2H3;6-7H,1-4H3;3,8H,1-2H2,(H,9,10,11)/q;;2*+1;;;/p-1. The minimum absolute atomic E-state index is 0.0104. The van der Waals surface area contributed by atoms with Gasteiger partial charge in [0.15, 0.2) is 22.5 Å². The number of carbonyl (C=O) groups is 2. The molecule has 0 saturated heterocycles. The normalized spacial score (nSPS) is 18.0. The number of carbonyl (C=O) groups excluding carboxylic acids is 1. The molecule has 4 bridgehead atoms. The Morgan fingerprint density at radius 3 is 1.22 bits per heavy atom. The molecule has 0 fully saturated rings. The maximum Gasteiger partial charge on any atom is 0.400 e. The number of anilines is 1. The average Bonchev–Trinajstić information content (AvgIpc) is 0.728. The summed E-state index contributed by atoms with van der Waals surface area (Å²) in [7, 11) is 5.34. The van der Waals surface area contributed by atoms with Crippen molar-refractivity contribution >= 4 is 43.9 Å². The number of carboxylic acid groups (broad SMARTS) is 1. The van der Waals surface area contributed by atoms with E-state index in [-0.39, 0.29) is 29.6 Å². The molecule has 548 valence electrons. The monoisotopic (exact) mass is 1450 g/mol. The number of aliphatic carboxylic acids is 1. The lowest BCUT2D eigenvalue weighted by Crippen LogP contribution is -2.40. The van der Waals surface area contributed by atoms with Crippen LogP contribution in [-0.2, 0) is 47.7 Å². The number of alkyl halides is 6. The van der Waals surface area contributed by atoms with Crippen molar-refractivity contribution in [3.8, 4) is 0 Å². The third-order valence-corrected chi connectivity index (χ3v) is 18.3. The van der Waals surface area contributed by atoms with Crippen molar-refractivity contribution in [2.24, 2.45) is 21.8 Å². The van der Waals surface area contributed by atoms with Crippen LogP contribution in [0.5, 0.6) is 0 Å². The number of carboxylic acids is 1. The molecule has 101 heavy (non-hydrogen) atoms. The maximum atomic E-state index is 13.6. The summed E-state index contributed by atoms with van der Waals surface area (Å²) in [5.74, 6) is -2.18. The Bertz CT molecular complexity index is 3910. The van der Waals surface area contributed by atoms with E-state index >= 15 is 0 Å². The molecule has 0 radical (unpaired) electrons. The number of quaternary nitrogens is 2. The van der Waals surface area contributed by atoms with Crippen molar-refractivity contribution in [3.63, 3.8) is 0 Å². The lowest BCUT2D eigenvalue weighted by molar-refractivity contribution is -0.884. The summed E-state index contributed by atoms with van der Waals surface area (Å²) in [6.45, 7) is 8.54. The van der Waals surface area contributed by atoms with Gasteiger partial charge < -0.3 is 33.4 Å². The quantitative estimate of drug-likeness (QED) is 0.0239. The molecule has 4 unspecified atom stereocenters. The van der Waals surface area contributed by atoms with Gasteiger partial charge in [0.1, 0.15) is 13.1 Å². The zero-order valence-electron chi connectivity index (χ0n) is 59.1. The lowest BCUT2D eigenvalue weighted by atomic mass is 9.59. The van der Waals surface area contributed by atoms with Crippen molar-refractivity contribution in [1.82, 2.24) is 4.98 Å². The van der Waals surface area contributed by atoms with Gasteiger partial charge in [-0.05, 0) is 97.2 Å². The van der Waals surface area contributed by atoms with E-state index in [0.717, 1.165) is 50.7 Å². The number of aliphatic hydroxyl groups excluding tert-OH is 1. The highest BCUT2D eigenvalue weighted by atomic mass is 32.2. The smallest absolute Gasteiger partial charge is 0.400 e. The Labute approximate surface area is 591 Å². The van der Waals surface area contributed by atoms with Crippen LogP contribution in [0.3, 0.4) is 0 Å². The van der Waals surface area contributed by atoms with Crippen LogP contribution in [0.4, 0.5) is 32.0 Å². The number of esters is 1. The molecule has 7 aromatic rings. The molecule has 0 spiro atoms. The predicted molar refractivity (Wildman–Crippen MR) is 380 cm³/mol. The molecule has 25 heteroatoms. The van der Waals surface area contributed by atoms with Crippen LogP contribution in [0.15, 0.2) is 192 Å². The van der Waals surface area contributed by atoms with E-state index in [2.05, 4.69) is 160 Å². The predicted octanol–water partition coefficient (Wildman–Crippen LogP) is 14.2. The van der Waals surface area contributed by atoms with Crippen LogP contribution >= 0.6 is 0 Å². The Hall–Kier alpha value is -8.13.